The predicted octanol–water partition coefficient (Wildman–Crippen LogP) is 2.84. The third-order valence-electron chi connectivity index (χ3n) is 2.39. The Bertz CT molecular complexity index is 503. The lowest BCUT2D eigenvalue weighted by molar-refractivity contribution is 0.835. The van der Waals surface area contributed by atoms with Crippen LogP contribution in [-0.2, 0) is 0 Å². The van der Waals surface area contributed by atoms with Crippen LogP contribution in [0, 0.1) is 13.8 Å². The van der Waals surface area contributed by atoms with Gasteiger partial charge in [-0.1, -0.05) is 6.07 Å². The molecular formula is C12H15N3S. The zero-order chi connectivity index (χ0) is 11.7. The molecule has 0 bridgehead atoms. The van der Waals surface area contributed by atoms with Crippen LogP contribution < -0.4 is 5.73 Å². The molecular weight excluding hydrogens is 218 g/mol. The van der Waals surface area contributed by atoms with Gasteiger partial charge in [-0.3, -0.25) is 4.98 Å². The quantitative estimate of drug-likeness (QED) is 0.867. The van der Waals surface area contributed by atoms with Gasteiger partial charge in [-0.2, -0.15) is 0 Å². The van der Waals surface area contributed by atoms with Crippen LogP contribution in [0.15, 0.2) is 18.5 Å². The maximum absolute atomic E-state index is 5.82. The number of rotatable bonds is 2. The van der Waals surface area contributed by atoms with Crippen LogP contribution in [0.4, 0.5) is 0 Å². The number of thiazole rings is 1. The van der Waals surface area contributed by atoms with Crippen LogP contribution in [0.1, 0.15) is 29.0 Å². The summed E-state index contributed by atoms with van der Waals surface area (Å²) in [6, 6.07) is 2.16. The summed E-state index contributed by atoms with van der Waals surface area (Å²) in [5.74, 6) is 0. The standard InChI is InChI=1S/C12H15N3S/c1-7-4-8(2)11(14-5-7)12-15-6-10(16-12)9(3)13/h4-6,9H,13H2,1-3H3. The topological polar surface area (TPSA) is 51.8 Å². The molecule has 0 saturated heterocycles. The number of hydrogen-bond acceptors (Lipinski definition) is 4. The van der Waals surface area contributed by atoms with Crippen molar-refractivity contribution in [3.8, 4) is 10.7 Å². The Morgan fingerprint density at radius 1 is 1.25 bits per heavy atom. The summed E-state index contributed by atoms with van der Waals surface area (Å²) < 4.78 is 0. The van der Waals surface area contributed by atoms with Gasteiger partial charge in [-0.05, 0) is 31.9 Å². The van der Waals surface area contributed by atoms with E-state index in [1.165, 1.54) is 5.56 Å². The lowest BCUT2D eigenvalue weighted by Crippen LogP contribution is -2.01. The van der Waals surface area contributed by atoms with E-state index in [4.69, 9.17) is 5.73 Å². The number of aromatic nitrogens is 2. The van der Waals surface area contributed by atoms with E-state index in [0.29, 0.717) is 0 Å². The summed E-state index contributed by atoms with van der Waals surface area (Å²) in [4.78, 5) is 9.90. The van der Waals surface area contributed by atoms with Gasteiger partial charge in [0, 0.05) is 23.3 Å². The third-order valence-corrected chi connectivity index (χ3v) is 3.59. The Morgan fingerprint density at radius 3 is 2.56 bits per heavy atom. The van der Waals surface area contributed by atoms with Gasteiger partial charge in [0.25, 0.3) is 0 Å². The second-order valence-corrected chi connectivity index (χ2v) is 5.10. The van der Waals surface area contributed by atoms with E-state index in [2.05, 4.69) is 23.0 Å². The largest absolute Gasteiger partial charge is 0.323 e. The molecule has 1 atom stereocenters. The molecule has 0 aliphatic carbocycles. The molecule has 2 aromatic rings. The second-order valence-electron chi connectivity index (χ2n) is 4.03. The molecule has 0 radical (unpaired) electrons. The summed E-state index contributed by atoms with van der Waals surface area (Å²) in [6.07, 6.45) is 3.71. The Hall–Kier alpha value is -1.26. The maximum atomic E-state index is 5.82. The molecule has 2 heterocycles. The smallest absolute Gasteiger partial charge is 0.142 e. The molecule has 2 N–H and O–H groups in total. The van der Waals surface area contributed by atoms with E-state index < -0.39 is 0 Å². The minimum Gasteiger partial charge on any atom is -0.323 e. The first-order valence-corrected chi connectivity index (χ1v) is 6.04. The Balaban J connectivity index is 2.42. The number of pyridine rings is 1. The van der Waals surface area contributed by atoms with Gasteiger partial charge < -0.3 is 5.73 Å². The molecule has 1 unspecified atom stereocenters. The summed E-state index contributed by atoms with van der Waals surface area (Å²) in [6.45, 7) is 6.06. The molecule has 0 amide bonds. The fraction of sp³-hybridized carbons (Fsp3) is 0.333. The molecule has 0 saturated carbocycles. The van der Waals surface area contributed by atoms with Gasteiger partial charge in [-0.15, -0.1) is 11.3 Å². The number of nitrogens with two attached hydrogens (primary N) is 1. The average molecular weight is 233 g/mol. The van der Waals surface area contributed by atoms with Gasteiger partial charge in [-0.25, -0.2) is 4.98 Å². The van der Waals surface area contributed by atoms with E-state index >= 15 is 0 Å². The molecule has 16 heavy (non-hydrogen) atoms. The van der Waals surface area contributed by atoms with Crippen molar-refractivity contribution in [2.45, 2.75) is 26.8 Å². The molecule has 84 valence electrons. The first-order chi connectivity index (χ1) is 7.58. The van der Waals surface area contributed by atoms with E-state index in [0.717, 1.165) is 21.1 Å². The Kier molecular flexibility index (Phi) is 3.03. The van der Waals surface area contributed by atoms with E-state index in [1.54, 1.807) is 11.3 Å². The molecule has 2 rings (SSSR count). The van der Waals surface area contributed by atoms with E-state index in [1.807, 2.05) is 26.2 Å². The van der Waals surface area contributed by atoms with Crippen molar-refractivity contribution in [1.29, 1.82) is 0 Å². The van der Waals surface area contributed by atoms with Crippen LogP contribution in [-0.4, -0.2) is 9.97 Å². The maximum Gasteiger partial charge on any atom is 0.142 e. The highest BCUT2D eigenvalue weighted by Gasteiger charge is 2.10. The monoisotopic (exact) mass is 233 g/mol. The predicted molar refractivity (Wildman–Crippen MR) is 67.4 cm³/mol. The first-order valence-electron chi connectivity index (χ1n) is 5.23. The summed E-state index contributed by atoms with van der Waals surface area (Å²) >= 11 is 1.62. The fourth-order valence-corrected chi connectivity index (χ4v) is 2.48. The molecule has 0 spiro atoms. The van der Waals surface area contributed by atoms with Crippen LogP contribution in [0.25, 0.3) is 10.7 Å². The zero-order valence-electron chi connectivity index (χ0n) is 9.69. The van der Waals surface area contributed by atoms with Gasteiger partial charge in [0.1, 0.15) is 10.7 Å². The van der Waals surface area contributed by atoms with Crippen LogP contribution in [0.3, 0.4) is 0 Å². The van der Waals surface area contributed by atoms with Crippen LogP contribution in [0.5, 0.6) is 0 Å². The molecule has 0 aliphatic heterocycles. The Labute approximate surface area is 99.4 Å². The van der Waals surface area contributed by atoms with Crippen LogP contribution in [0.2, 0.25) is 0 Å². The molecule has 4 heteroatoms. The molecule has 0 aromatic carbocycles. The average Bonchev–Trinajstić information content (AvgIpc) is 2.66. The number of hydrogen-bond donors (Lipinski definition) is 1. The highest BCUT2D eigenvalue weighted by molar-refractivity contribution is 7.15. The minimum atomic E-state index is 0.0389. The van der Waals surface area contributed by atoms with Gasteiger partial charge in [0.05, 0.1) is 0 Å². The zero-order valence-corrected chi connectivity index (χ0v) is 10.5. The van der Waals surface area contributed by atoms with Crippen molar-refractivity contribution in [1.82, 2.24) is 9.97 Å². The molecule has 0 aliphatic rings. The number of aryl methyl sites for hydroxylation is 2. The van der Waals surface area contributed by atoms with Gasteiger partial charge >= 0.3 is 0 Å². The van der Waals surface area contributed by atoms with E-state index in [-0.39, 0.29) is 6.04 Å². The molecule has 0 fully saturated rings. The highest BCUT2D eigenvalue weighted by Crippen LogP contribution is 2.28. The SMILES string of the molecule is Cc1cnc(-c2ncc(C(C)N)s2)c(C)c1. The van der Waals surface area contributed by atoms with Crippen molar-refractivity contribution in [3.63, 3.8) is 0 Å². The van der Waals surface area contributed by atoms with Crippen molar-refractivity contribution in [2.24, 2.45) is 5.73 Å². The number of nitrogens with zero attached hydrogens (tertiary/aromatic N) is 2. The lowest BCUT2D eigenvalue weighted by atomic mass is 10.2. The highest BCUT2D eigenvalue weighted by atomic mass is 32.1. The second kappa shape index (κ2) is 4.31. The molecule has 3 nitrogen and oxygen atoms in total. The lowest BCUT2D eigenvalue weighted by Gasteiger charge is -2.02. The third kappa shape index (κ3) is 2.13. The summed E-state index contributed by atoms with van der Waals surface area (Å²) in [5.41, 5.74) is 9.11. The summed E-state index contributed by atoms with van der Waals surface area (Å²) in [5, 5.41) is 0.949. The van der Waals surface area contributed by atoms with Crippen molar-refractivity contribution < 1.29 is 0 Å². The minimum absolute atomic E-state index is 0.0389. The normalized spacial score (nSPS) is 12.8. The van der Waals surface area contributed by atoms with Crippen molar-refractivity contribution in [3.05, 3.63) is 34.5 Å². The Morgan fingerprint density at radius 2 is 2.00 bits per heavy atom. The van der Waals surface area contributed by atoms with Crippen LogP contribution >= 0.6 is 11.3 Å². The summed E-state index contributed by atoms with van der Waals surface area (Å²) in [7, 11) is 0. The fourth-order valence-electron chi connectivity index (χ4n) is 1.55. The van der Waals surface area contributed by atoms with Gasteiger partial charge in [0.15, 0.2) is 0 Å². The van der Waals surface area contributed by atoms with Crippen molar-refractivity contribution >= 4 is 11.3 Å². The van der Waals surface area contributed by atoms with Gasteiger partial charge in [0.2, 0.25) is 0 Å². The molecule has 2 aromatic heterocycles. The van der Waals surface area contributed by atoms with Crippen molar-refractivity contribution in [2.75, 3.05) is 0 Å². The van der Waals surface area contributed by atoms with E-state index in [9.17, 15) is 0 Å². The first kappa shape index (κ1) is 11.2.